The minimum Gasteiger partial charge on any atom is -0.312 e. The first kappa shape index (κ1) is 18.7. The number of allylic oxidation sites excluding steroid dienone is 2. The zero-order valence-electron chi connectivity index (χ0n) is 16.6. The van der Waals surface area contributed by atoms with Gasteiger partial charge in [0.05, 0.1) is 0 Å². The van der Waals surface area contributed by atoms with E-state index in [1.54, 1.807) is 6.92 Å². The van der Waals surface area contributed by atoms with Crippen LogP contribution in [0, 0.1) is 6.92 Å². The third-order valence-electron chi connectivity index (χ3n) is 5.81. The maximum absolute atomic E-state index is 13.1. The first-order valence-corrected chi connectivity index (χ1v) is 10.2. The van der Waals surface area contributed by atoms with Crippen LogP contribution in [0.1, 0.15) is 51.0 Å². The van der Waals surface area contributed by atoms with Crippen molar-refractivity contribution in [2.45, 2.75) is 64.5 Å². The molecule has 1 saturated carbocycles. The fourth-order valence-corrected chi connectivity index (χ4v) is 4.09. The first-order chi connectivity index (χ1) is 13.5. The SMILES string of the molecule is Cc1ccc(N2C(=O)N(CC(=O)N(C3=CCCCC3)C3CC3)C(=O)[C@H]2C)cc1. The molecule has 2 fully saturated rings. The van der Waals surface area contributed by atoms with Crippen molar-refractivity contribution in [3.8, 4) is 0 Å². The Bertz CT molecular complexity index is 826. The van der Waals surface area contributed by atoms with E-state index in [4.69, 9.17) is 0 Å². The van der Waals surface area contributed by atoms with Gasteiger partial charge in [0, 0.05) is 17.4 Å². The molecule has 3 aliphatic rings. The van der Waals surface area contributed by atoms with Crippen LogP contribution in [0.4, 0.5) is 10.5 Å². The summed E-state index contributed by atoms with van der Waals surface area (Å²) in [5.41, 5.74) is 2.84. The van der Waals surface area contributed by atoms with Crippen molar-refractivity contribution < 1.29 is 14.4 Å². The Morgan fingerprint density at radius 2 is 1.86 bits per heavy atom. The number of imide groups is 1. The van der Waals surface area contributed by atoms with Gasteiger partial charge in [-0.15, -0.1) is 0 Å². The second-order valence-corrected chi connectivity index (χ2v) is 8.02. The van der Waals surface area contributed by atoms with Gasteiger partial charge in [-0.25, -0.2) is 4.79 Å². The number of carbonyl (C=O) groups excluding carboxylic acids is 3. The van der Waals surface area contributed by atoms with Gasteiger partial charge in [0.1, 0.15) is 12.6 Å². The molecule has 0 unspecified atom stereocenters. The highest BCUT2D eigenvalue weighted by Crippen LogP contribution is 2.34. The largest absolute Gasteiger partial charge is 0.332 e. The lowest BCUT2D eigenvalue weighted by Crippen LogP contribution is -2.44. The van der Waals surface area contributed by atoms with E-state index in [2.05, 4.69) is 6.08 Å². The summed E-state index contributed by atoms with van der Waals surface area (Å²) in [6.45, 7) is 3.51. The van der Waals surface area contributed by atoms with Crippen molar-refractivity contribution in [3.63, 3.8) is 0 Å². The second kappa shape index (κ2) is 7.41. The molecule has 0 bridgehead atoms. The maximum Gasteiger partial charge on any atom is 0.332 e. The van der Waals surface area contributed by atoms with Crippen LogP contribution in [0.2, 0.25) is 0 Å². The predicted octanol–water partition coefficient (Wildman–Crippen LogP) is 3.60. The van der Waals surface area contributed by atoms with Gasteiger partial charge in [-0.05, 0) is 64.5 Å². The molecule has 28 heavy (non-hydrogen) atoms. The number of anilines is 1. The number of amides is 4. The van der Waals surface area contributed by atoms with Crippen molar-refractivity contribution in [1.82, 2.24) is 9.80 Å². The normalized spacial score (nSPS) is 22.5. The standard InChI is InChI=1S/C22H27N3O3/c1-15-8-10-18(11-9-15)24-16(2)21(27)23(22(24)28)14-20(26)25(19-12-13-19)17-6-4-3-5-7-17/h6,8-11,16,19H,3-5,7,12-14H2,1-2H3/t16-/m1/s1. The highest BCUT2D eigenvalue weighted by molar-refractivity contribution is 6.15. The van der Waals surface area contributed by atoms with Crippen LogP contribution in [0.15, 0.2) is 36.0 Å². The van der Waals surface area contributed by atoms with Crippen LogP contribution in [0.3, 0.4) is 0 Å². The smallest absolute Gasteiger partial charge is 0.312 e. The fourth-order valence-electron chi connectivity index (χ4n) is 4.09. The average Bonchev–Trinajstić information content (AvgIpc) is 3.50. The molecule has 6 nitrogen and oxygen atoms in total. The van der Waals surface area contributed by atoms with Crippen molar-refractivity contribution in [3.05, 3.63) is 41.6 Å². The van der Waals surface area contributed by atoms with E-state index in [0.717, 1.165) is 54.7 Å². The minimum atomic E-state index is -0.605. The molecule has 1 saturated heterocycles. The lowest BCUT2D eigenvalue weighted by Gasteiger charge is -2.29. The summed E-state index contributed by atoms with van der Waals surface area (Å²) >= 11 is 0. The molecule has 2 aliphatic carbocycles. The fraction of sp³-hybridized carbons (Fsp3) is 0.500. The number of urea groups is 1. The molecule has 0 radical (unpaired) electrons. The number of benzene rings is 1. The third kappa shape index (κ3) is 3.43. The molecule has 148 valence electrons. The molecule has 6 heteroatoms. The van der Waals surface area contributed by atoms with Crippen molar-refractivity contribution in [2.75, 3.05) is 11.4 Å². The lowest BCUT2D eigenvalue weighted by molar-refractivity contribution is -0.136. The molecule has 1 aromatic rings. The Morgan fingerprint density at radius 1 is 1.14 bits per heavy atom. The summed E-state index contributed by atoms with van der Waals surface area (Å²) in [6, 6.07) is 6.72. The monoisotopic (exact) mass is 381 g/mol. The quantitative estimate of drug-likeness (QED) is 0.732. The molecular weight excluding hydrogens is 354 g/mol. The van der Waals surface area contributed by atoms with Gasteiger partial charge in [0.25, 0.3) is 5.91 Å². The number of hydrogen-bond acceptors (Lipinski definition) is 3. The highest BCUT2D eigenvalue weighted by atomic mass is 16.2. The molecule has 4 rings (SSSR count). The van der Waals surface area contributed by atoms with Gasteiger partial charge < -0.3 is 4.90 Å². The lowest BCUT2D eigenvalue weighted by atomic mass is 10.0. The van der Waals surface area contributed by atoms with Crippen LogP contribution in [-0.4, -0.2) is 46.3 Å². The molecule has 1 aliphatic heterocycles. The molecule has 0 spiro atoms. The third-order valence-corrected chi connectivity index (χ3v) is 5.81. The van der Waals surface area contributed by atoms with Gasteiger partial charge in [-0.2, -0.15) is 0 Å². The van der Waals surface area contributed by atoms with Crippen LogP contribution in [0.5, 0.6) is 0 Å². The zero-order valence-corrected chi connectivity index (χ0v) is 16.6. The van der Waals surface area contributed by atoms with E-state index in [1.165, 1.54) is 4.90 Å². The molecule has 1 aromatic carbocycles. The summed E-state index contributed by atoms with van der Waals surface area (Å²) in [5, 5.41) is 0. The van der Waals surface area contributed by atoms with E-state index in [1.807, 2.05) is 36.1 Å². The summed E-state index contributed by atoms with van der Waals surface area (Å²) in [5.74, 6) is -0.456. The second-order valence-electron chi connectivity index (χ2n) is 8.02. The van der Waals surface area contributed by atoms with Crippen LogP contribution in [0.25, 0.3) is 0 Å². The Labute approximate surface area is 165 Å². The molecular formula is C22H27N3O3. The number of aryl methyl sites for hydroxylation is 1. The number of carbonyl (C=O) groups is 3. The van der Waals surface area contributed by atoms with Crippen molar-refractivity contribution in [2.24, 2.45) is 0 Å². The maximum atomic E-state index is 13.1. The summed E-state index contributed by atoms with van der Waals surface area (Å²) in [7, 11) is 0. The van der Waals surface area contributed by atoms with Gasteiger partial charge >= 0.3 is 6.03 Å². The molecule has 4 amide bonds. The number of rotatable bonds is 5. The van der Waals surface area contributed by atoms with E-state index >= 15 is 0 Å². The predicted molar refractivity (Wildman–Crippen MR) is 107 cm³/mol. The van der Waals surface area contributed by atoms with Crippen molar-refractivity contribution in [1.29, 1.82) is 0 Å². The Kier molecular flexibility index (Phi) is 4.96. The Hall–Kier alpha value is -2.63. The van der Waals surface area contributed by atoms with Crippen LogP contribution in [-0.2, 0) is 9.59 Å². The van der Waals surface area contributed by atoms with Gasteiger partial charge in [-0.1, -0.05) is 23.8 Å². The van der Waals surface area contributed by atoms with E-state index < -0.39 is 12.1 Å². The molecule has 1 heterocycles. The van der Waals surface area contributed by atoms with Crippen molar-refractivity contribution >= 4 is 23.5 Å². The van der Waals surface area contributed by atoms with Crippen LogP contribution >= 0.6 is 0 Å². The highest BCUT2D eigenvalue weighted by Gasteiger charge is 2.45. The minimum absolute atomic E-state index is 0.143. The van der Waals surface area contributed by atoms with Crippen LogP contribution < -0.4 is 4.90 Å². The number of nitrogens with zero attached hydrogens (tertiary/aromatic N) is 3. The summed E-state index contributed by atoms with van der Waals surface area (Å²) in [6.07, 6.45) is 8.27. The topological polar surface area (TPSA) is 60.9 Å². The molecule has 0 N–H and O–H groups in total. The number of hydrogen-bond donors (Lipinski definition) is 0. The van der Waals surface area contributed by atoms with Gasteiger partial charge in [-0.3, -0.25) is 19.4 Å². The Balaban J connectivity index is 1.52. The first-order valence-electron chi connectivity index (χ1n) is 10.2. The van der Waals surface area contributed by atoms with E-state index in [9.17, 15) is 14.4 Å². The zero-order chi connectivity index (χ0) is 19.8. The molecule has 0 aromatic heterocycles. The molecule has 1 atom stereocenters. The summed E-state index contributed by atoms with van der Waals surface area (Å²) < 4.78 is 0. The van der Waals surface area contributed by atoms with Gasteiger partial charge in [0.2, 0.25) is 5.91 Å². The van der Waals surface area contributed by atoms with Gasteiger partial charge in [0.15, 0.2) is 0 Å². The Morgan fingerprint density at radius 3 is 2.46 bits per heavy atom. The summed E-state index contributed by atoms with van der Waals surface area (Å²) in [4.78, 5) is 43.3. The average molecular weight is 381 g/mol. The van der Waals surface area contributed by atoms with E-state index in [0.29, 0.717) is 5.69 Å². The van der Waals surface area contributed by atoms with E-state index in [-0.39, 0.29) is 24.4 Å².